The Hall–Kier alpha value is -3.70. The predicted octanol–water partition coefficient (Wildman–Crippen LogP) is 4.50. The molecule has 0 unspecified atom stereocenters. The molecular formula is C19H18F3N3O6. The molecule has 0 aliphatic rings. The van der Waals surface area contributed by atoms with E-state index in [2.05, 4.69) is 5.32 Å². The minimum Gasteiger partial charge on any atom is -0.494 e. The largest absolute Gasteiger partial charge is 0.494 e. The van der Waals surface area contributed by atoms with Gasteiger partial charge in [0, 0.05) is 18.7 Å². The summed E-state index contributed by atoms with van der Waals surface area (Å²) >= 11 is 0. The van der Waals surface area contributed by atoms with E-state index in [-0.39, 0.29) is 18.7 Å². The molecule has 2 aromatic rings. The van der Waals surface area contributed by atoms with Gasteiger partial charge in [-0.2, -0.15) is 13.2 Å². The van der Waals surface area contributed by atoms with Crippen LogP contribution in [-0.4, -0.2) is 28.9 Å². The standard InChI is InChI=1S/C19H18F3N3O6/c20-19(21,22)14-4-6-17(7-5-14)31-9-3-1-2-8-23-18(26)13-10-15(24(27)28)12-16(11-13)25(29)30/h4-7,10-12H,1-3,8-9H2,(H,23,26). The number of ether oxygens (including phenoxy) is 1. The quantitative estimate of drug-likeness (QED) is 0.329. The van der Waals surface area contributed by atoms with Crippen LogP contribution in [0.5, 0.6) is 5.75 Å². The number of hydrogen-bond acceptors (Lipinski definition) is 6. The number of amides is 1. The molecule has 0 bridgehead atoms. The second kappa shape index (κ2) is 10.4. The van der Waals surface area contributed by atoms with Gasteiger partial charge in [0.2, 0.25) is 0 Å². The highest BCUT2D eigenvalue weighted by atomic mass is 19.4. The van der Waals surface area contributed by atoms with E-state index < -0.39 is 38.9 Å². The van der Waals surface area contributed by atoms with Crippen molar-refractivity contribution in [2.75, 3.05) is 13.2 Å². The molecule has 0 radical (unpaired) electrons. The van der Waals surface area contributed by atoms with Crippen LogP contribution in [-0.2, 0) is 6.18 Å². The molecule has 0 aliphatic carbocycles. The fraction of sp³-hybridized carbons (Fsp3) is 0.316. The number of nitrogens with zero attached hydrogens (tertiary/aromatic N) is 2. The minimum atomic E-state index is -4.40. The number of nitro benzene ring substituents is 2. The fourth-order valence-corrected chi connectivity index (χ4v) is 2.58. The molecule has 0 saturated carbocycles. The maximum atomic E-state index is 12.5. The SMILES string of the molecule is O=C(NCCCCCOc1ccc(C(F)(F)F)cc1)c1cc([N+](=O)[O-])cc([N+](=O)[O-])c1. The second-order valence-electron chi connectivity index (χ2n) is 6.44. The number of carbonyl (C=O) groups excluding carboxylic acids is 1. The molecule has 166 valence electrons. The Kier molecular flexibility index (Phi) is 7.88. The number of halogens is 3. The zero-order valence-corrected chi connectivity index (χ0v) is 16.1. The summed E-state index contributed by atoms with van der Waals surface area (Å²) in [6.07, 6.45) is -2.65. The van der Waals surface area contributed by atoms with Crippen molar-refractivity contribution in [1.29, 1.82) is 0 Å². The topological polar surface area (TPSA) is 125 Å². The third-order valence-electron chi connectivity index (χ3n) is 4.14. The Morgan fingerprint density at radius 1 is 0.935 bits per heavy atom. The molecule has 0 heterocycles. The van der Waals surface area contributed by atoms with E-state index in [0.29, 0.717) is 25.0 Å². The molecule has 12 heteroatoms. The van der Waals surface area contributed by atoms with E-state index in [1.54, 1.807) is 0 Å². The average Bonchev–Trinajstić information content (AvgIpc) is 2.72. The van der Waals surface area contributed by atoms with Crippen molar-refractivity contribution >= 4 is 17.3 Å². The molecule has 1 N–H and O–H groups in total. The number of alkyl halides is 3. The summed E-state index contributed by atoms with van der Waals surface area (Å²) < 4.78 is 42.8. The van der Waals surface area contributed by atoms with Crippen molar-refractivity contribution in [3.8, 4) is 5.75 Å². The van der Waals surface area contributed by atoms with Gasteiger partial charge in [0.15, 0.2) is 0 Å². The molecule has 9 nitrogen and oxygen atoms in total. The smallest absolute Gasteiger partial charge is 0.416 e. The third kappa shape index (κ3) is 7.24. The van der Waals surface area contributed by atoms with Gasteiger partial charge in [-0.3, -0.25) is 25.0 Å². The summed E-state index contributed by atoms with van der Waals surface area (Å²) in [5.41, 5.74) is -2.06. The first-order chi connectivity index (χ1) is 14.6. The first kappa shape index (κ1) is 23.6. The van der Waals surface area contributed by atoms with Gasteiger partial charge in [0.05, 0.1) is 33.6 Å². The molecule has 2 rings (SSSR count). The normalized spacial score (nSPS) is 11.1. The number of hydrogen-bond donors (Lipinski definition) is 1. The van der Waals surface area contributed by atoms with E-state index >= 15 is 0 Å². The van der Waals surface area contributed by atoms with Gasteiger partial charge in [-0.05, 0) is 43.5 Å². The third-order valence-corrected chi connectivity index (χ3v) is 4.14. The Labute approximate surface area is 174 Å². The summed E-state index contributed by atoms with van der Waals surface area (Å²) in [6.45, 7) is 0.506. The molecular weight excluding hydrogens is 423 g/mol. The summed E-state index contributed by atoms with van der Waals surface area (Å²) in [4.78, 5) is 32.2. The Morgan fingerprint density at radius 2 is 1.52 bits per heavy atom. The molecule has 0 aliphatic heterocycles. The number of carbonyl (C=O) groups is 1. The van der Waals surface area contributed by atoms with Crippen LogP contribution in [0.2, 0.25) is 0 Å². The van der Waals surface area contributed by atoms with Gasteiger partial charge in [-0.25, -0.2) is 0 Å². The van der Waals surface area contributed by atoms with E-state index in [9.17, 15) is 38.2 Å². The average molecular weight is 441 g/mol. The number of nitro groups is 2. The Morgan fingerprint density at radius 3 is 2.03 bits per heavy atom. The number of benzene rings is 2. The molecule has 0 saturated heterocycles. The summed E-state index contributed by atoms with van der Waals surface area (Å²) in [5, 5.41) is 24.3. The monoisotopic (exact) mass is 441 g/mol. The molecule has 2 aromatic carbocycles. The van der Waals surface area contributed by atoms with Gasteiger partial charge >= 0.3 is 6.18 Å². The van der Waals surface area contributed by atoms with Crippen LogP contribution in [0.25, 0.3) is 0 Å². The molecule has 0 aromatic heterocycles. The number of non-ortho nitro benzene ring substituents is 2. The number of unbranched alkanes of at least 4 members (excludes halogenated alkanes) is 2. The Bertz CT molecular complexity index is 916. The van der Waals surface area contributed by atoms with Crippen molar-refractivity contribution in [1.82, 2.24) is 5.32 Å². The zero-order valence-electron chi connectivity index (χ0n) is 16.1. The molecule has 0 atom stereocenters. The van der Waals surface area contributed by atoms with E-state index in [1.165, 1.54) is 12.1 Å². The van der Waals surface area contributed by atoms with Crippen molar-refractivity contribution in [3.05, 3.63) is 73.8 Å². The van der Waals surface area contributed by atoms with Crippen LogP contribution in [0.1, 0.15) is 35.2 Å². The molecule has 1 amide bonds. The highest BCUT2D eigenvalue weighted by Gasteiger charge is 2.30. The van der Waals surface area contributed by atoms with Crippen LogP contribution in [0.3, 0.4) is 0 Å². The van der Waals surface area contributed by atoms with Gasteiger partial charge in [-0.15, -0.1) is 0 Å². The maximum absolute atomic E-state index is 12.5. The lowest BCUT2D eigenvalue weighted by atomic mass is 10.1. The first-order valence-electron chi connectivity index (χ1n) is 9.10. The lowest BCUT2D eigenvalue weighted by Gasteiger charge is -2.09. The maximum Gasteiger partial charge on any atom is 0.416 e. The minimum absolute atomic E-state index is 0.188. The Balaban J connectivity index is 1.72. The van der Waals surface area contributed by atoms with E-state index in [4.69, 9.17) is 4.74 Å². The van der Waals surface area contributed by atoms with Gasteiger partial charge in [-0.1, -0.05) is 0 Å². The van der Waals surface area contributed by atoms with Crippen LogP contribution < -0.4 is 10.1 Å². The van der Waals surface area contributed by atoms with Crippen molar-refractivity contribution in [3.63, 3.8) is 0 Å². The zero-order chi connectivity index (χ0) is 23.0. The van der Waals surface area contributed by atoms with Gasteiger partial charge < -0.3 is 10.1 Å². The van der Waals surface area contributed by atoms with Crippen LogP contribution in [0, 0.1) is 20.2 Å². The van der Waals surface area contributed by atoms with Crippen molar-refractivity contribution in [2.45, 2.75) is 25.4 Å². The highest BCUT2D eigenvalue weighted by molar-refractivity contribution is 5.95. The lowest BCUT2D eigenvalue weighted by Crippen LogP contribution is -2.24. The van der Waals surface area contributed by atoms with Crippen LogP contribution >= 0.6 is 0 Å². The molecule has 0 fully saturated rings. The summed E-state index contributed by atoms with van der Waals surface area (Å²) in [7, 11) is 0. The van der Waals surface area contributed by atoms with Gasteiger partial charge in [0.25, 0.3) is 17.3 Å². The number of nitrogens with one attached hydrogen (secondary N) is 1. The van der Waals surface area contributed by atoms with Crippen LogP contribution in [0.15, 0.2) is 42.5 Å². The summed E-state index contributed by atoms with van der Waals surface area (Å²) in [5.74, 6) is -0.360. The predicted molar refractivity (Wildman–Crippen MR) is 103 cm³/mol. The van der Waals surface area contributed by atoms with Crippen molar-refractivity contribution < 1.29 is 32.5 Å². The van der Waals surface area contributed by atoms with E-state index in [1.807, 2.05) is 0 Å². The fourth-order valence-electron chi connectivity index (χ4n) is 2.58. The van der Waals surface area contributed by atoms with E-state index in [0.717, 1.165) is 30.3 Å². The second-order valence-corrected chi connectivity index (χ2v) is 6.44. The molecule has 31 heavy (non-hydrogen) atoms. The van der Waals surface area contributed by atoms with Gasteiger partial charge in [0.1, 0.15) is 5.75 Å². The highest BCUT2D eigenvalue weighted by Crippen LogP contribution is 2.30. The van der Waals surface area contributed by atoms with Crippen LogP contribution in [0.4, 0.5) is 24.5 Å². The number of rotatable bonds is 10. The van der Waals surface area contributed by atoms with Crippen molar-refractivity contribution in [2.24, 2.45) is 0 Å². The molecule has 0 spiro atoms. The summed E-state index contributed by atoms with van der Waals surface area (Å²) in [6, 6.07) is 7.03. The lowest BCUT2D eigenvalue weighted by molar-refractivity contribution is -0.394. The first-order valence-corrected chi connectivity index (χ1v) is 9.10.